The minimum Gasteiger partial charge on any atom is -0.336 e. The molecule has 0 unspecified atom stereocenters. The van der Waals surface area contributed by atoms with Crippen LogP contribution < -0.4 is 0 Å². The van der Waals surface area contributed by atoms with E-state index < -0.39 is 0 Å². The highest BCUT2D eigenvalue weighted by Crippen LogP contribution is 2.25. The Labute approximate surface area is 139 Å². The maximum absolute atomic E-state index is 12.4. The van der Waals surface area contributed by atoms with Gasteiger partial charge in [-0.1, -0.05) is 31.0 Å². The third-order valence-corrected chi connectivity index (χ3v) is 6.30. The average Bonchev–Trinajstić information content (AvgIpc) is 3.04. The largest absolute Gasteiger partial charge is 0.336 e. The van der Waals surface area contributed by atoms with Gasteiger partial charge in [-0.2, -0.15) is 0 Å². The van der Waals surface area contributed by atoms with Crippen molar-refractivity contribution < 1.29 is 9.59 Å². The van der Waals surface area contributed by atoms with Crippen molar-refractivity contribution in [3.63, 3.8) is 0 Å². The Morgan fingerprint density at radius 3 is 2.73 bits per heavy atom. The van der Waals surface area contributed by atoms with Crippen LogP contribution >= 0.6 is 23.1 Å². The lowest BCUT2D eigenvalue weighted by molar-refractivity contribution is -0.138. The number of thiazole rings is 1. The number of amides is 2. The Morgan fingerprint density at radius 2 is 2.09 bits per heavy atom. The lowest BCUT2D eigenvalue weighted by Gasteiger charge is -2.40. The van der Waals surface area contributed by atoms with E-state index in [-0.39, 0.29) is 18.4 Å². The summed E-state index contributed by atoms with van der Waals surface area (Å²) < 4.78 is 0.885. The molecule has 120 valence electrons. The summed E-state index contributed by atoms with van der Waals surface area (Å²) >= 11 is 3.01. The number of thioether (sulfide) groups is 1. The molecule has 0 spiro atoms. The average molecular weight is 339 g/mol. The summed E-state index contributed by atoms with van der Waals surface area (Å²) in [5, 5.41) is 1.78. The van der Waals surface area contributed by atoms with Gasteiger partial charge in [0.2, 0.25) is 5.91 Å². The van der Waals surface area contributed by atoms with Crippen LogP contribution in [-0.2, 0) is 4.79 Å². The molecule has 22 heavy (non-hydrogen) atoms. The molecule has 1 saturated carbocycles. The monoisotopic (exact) mass is 339 g/mol. The van der Waals surface area contributed by atoms with E-state index in [2.05, 4.69) is 4.98 Å². The Bertz CT molecular complexity index is 555. The highest BCUT2D eigenvalue weighted by molar-refractivity contribution is 8.00. The number of rotatable bonds is 3. The minimum atomic E-state index is -0.117. The zero-order valence-electron chi connectivity index (χ0n) is 12.8. The van der Waals surface area contributed by atoms with Gasteiger partial charge in [0.15, 0.2) is 0 Å². The highest BCUT2D eigenvalue weighted by atomic mass is 32.2. The third-order valence-electron chi connectivity index (χ3n) is 4.44. The Morgan fingerprint density at radius 1 is 1.32 bits per heavy atom. The molecule has 1 saturated heterocycles. The van der Waals surface area contributed by atoms with Gasteiger partial charge in [0.05, 0.1) is 0 Å². The first-order valence-corrected chi connectivity index (χ1v) is 9.87. The van der Waals surface area contributed by atoms with Crippen LogP contribution in [0.25, 0.3) is 0 Å². The summed E-state index contributed by atoms with van der Waals surface area (Å²) in [4.78, 5) is 32.8. The molecule has 1 aromatic heterocycles. The van der Waals surface area contributed by atoms with Crippen LogP contribution in [0.15, 0.2) is 9.72 Å². The summed E-state index contributed by atoms with van der Waals surface area (Å²) in [6.45, 7) is 1.48. The van der Waals surface area contributed by atoms with Crippen molar-refractivity contribution in [2.24, 2.45) is 0 Å². The van der Waals surface area contributed by atoms with Gasteiger partial charge in [-0.05, 0) is 19.1 Å². The van der Waals surface area contributed by atoms with Gasteiger partial charge in [-0.15, -0.1) is 11.3 Å². The van der Waals surface area contributed by atoms with Crippen LogP contribution in [0.5, 0.6) is 0 Å². The van der Waals surface area contributed by atoms with Gasteiger partial charge in [0, 0.05) is 24.5 Å². The zero-order chi connectivity index (χ0) is 15.5. The van der Waals surface area contributed by atoms with Crippen molar-refractivity contribution in [2.45, 2.75) is 42.5 Å². The summed E-state index contributed by atoms with van der Waals surface area (Å²) in [7, 11) is 0. The molecule has 2 heterocycles. The molecule has 0 radical (unpaired) electrons. The standard InChI is InChI=1S/C15H21N3O2S2/c1-21-15-16-12(10-22-15)14(20)17-7-8-18(13(19)9-17)11-5-3-2-4-6-11/h10-11H,2-9H2,1H3. The molecule has 0 aromatic carbocycles. The Hall–Kier alpha value is -1.08. The van der Waals surface area contributed by atoms with Gasteiger partial charge in [0.1, 0.15) is 16.6 Å². The van der Waals surface area contributed by atoms with Crippen molar-refractivity contribution >= 4 is 34.9 Å². The van der Waals surface area contributed by atoms with Gasteiger partial charge in [-0.3, -0.25) is 9.59 Å². The smallest absolute Gasteiger partial charge is 0.273 e. The second-order valence-electron chi connectivity index (χ2n) is 5.81. The summed E-state index contributed by atoms with van der Waals surface area (Å²) in [6, 6.07) is 0.390. The molecule has 3 rings (SSSR count). The van der Waals surface area contributed by atoms with Crippen LogP contribution in [0.2, 0.25) is 0 Å². The van der Waals surface area contributed by atoms with Crippen molar-refractivity contribution in [2.75, 3.05) is 25.9 Å². The van der Waals surface area contributed by atoms with E-state index in [1.54, 1.807) is 10.3 Å². The topological polar surface area (TPSA) is 53.5 Å². The van der Waals surface area contributed by atoms with Crippen molar-refractivity contribution in [3.05, 3.63) is 11.1 Å². The molecule has 2 aliphatic rings. The molecule has 1 aliphatic carbocycles. The predicted octanol–water partition coefficient (Wildman–Crippen LogP) is 2.48. The summed E-state index contributed by atoms with van der Waals surface area (Å²) in [6.07, 6.45) is 7.89. The molecule has 2 amide bonds. The fourth-order valence-electron chi connectivity index (χ4n) is 3.25. The lowest BCUT2D eigenvalue weighted by Crippen LogP contribution is -2.55. The summed E-state index contributed by atoms with van der Waals surface area (Å²) in [5.74, 6) is -0.0278. The molecule has 5 nitrogen and oxygen atoms in total. The van der Waals surface area contributed by atoms with Crippen LogP contribution in [0, 0.1) is 0 Å². The van der Waals surface area contributed by atoms with Crippen molar-refractivity contribution in [1.29, 1.82) is 0 Å². The van der Waals surface area contributed by atoms with E-state index in [1.165, 1.54) is 42.4 Å². The first-order chi connectivity index (χ1) is 10.7. The van der Waals surface area contributed by atoms with Crippen LogP contribution in [0.4, 0.5) is 0 Å². The van der Waals surface area contributed by atoms with E-state index in [4.69, 9.17) is 0 Å². The molecule has 2 fully saturated rings. The lowest BCUT2D eigenvalue weighted by atomic mass is 9.93. The maximum atomic E-state index is 12.4. The first kappa shape index (κ1) is 15.8. The van der Waals surface area contributed by atoms with Crippen molar-refractivity contribution in [3.8, 4) is 0 Å². The Balaban J connectivity index is 1.61. The second kappa shape index (κ2) is 7.00. The molecule has 0 bridgehead atoms. The van der Waals surface area contributed by atoms with E-state index in [0.29, 0.717) is 24.8 Å². The number of nitrogens with zero attached hydrogens (tertiary/aromatic N) is 3. The van der Waals surface area contributed by atoms with Crippen LogP contribution in [0.3, 0.4) is 0 Å². The number of hydrogen-bond acceptors (Lipinski definition) is 5. The molecular weight excluding hydrogens is 318 g/mol. The van der Waals surface area contributed by atoms with E-state index in [1.807, 2.05) is 11.2 Å². The predicted molar refractivity (Wildman–Crippen MR) is 88.4 cm³/mol. The fourth-order valence-corrected chi connectivity index (χ4v) is 4.49. The molecule has 1 aliphatic heterocycles. The van der Waals surface area contributed by atoms with Gasteiger partial charge in [-0.25, -0.2) is 4.98 Å². The zero-order valence-corrected chi connectivity index (χ0v) is 14.4. The molecule has 1 aromatic rings. The molecular formula is C15H21N3O2S2. The van der Waals surface area contributed by atoms with Crippen LogP contribution in [-0.4, -0.2) is 58.5 Å². The molecule has 0 N–H and O–H groups in total. The molecule has 0 atom stereocenters. The number of carbonyl (C=O) groups excluding carboxylic acids is 2. The van der Waals surface area contributed by atoms with E-state index in [0.717, 1.165) is 17.2 Å². The number of hydrogen-bond donors (Lipinski definition) is 0. The van der Waals surface area contributed by atoms with E-state index in [9.17, 15) is 9.59 Å². The minimum absolute atomic E-state index is 0.0896. The second-order valence-corrected chi connectivity index (χ2v) is 7.72. The normalized spacial score (nSPS) is 20.5. The highest BCUT2D eigenvalue weighted by Gasteiger charge is 2.33. The molecule has 7 heteroatoms. The van der Waals surface area contributed by atoms with Gasteiger partial charge < -0.3 is 9.80 Å². The number of carbonyl (C=O) groups is 2. The van der Waals surface area contributed by atoms with Crippen molar-refractivity contribution in [1.82, 2.24) is 14.8 Å². The summed E-state index contributed by atoms with van der Waals surface area (Å²) in [5.41, 5.74) is 0.466. The third kappa shape index (κ3) is 3.30. The van der Waals surface area contributed by atoms with Gasteiger partial charge >= 0.3 is 0 Å². The van der Waals surface area contributed by atoms with Crippen LogP contribution in [0.1, 0.15) is 42.6 Å². The van der Waals surface area contributed by atoms with E-state index >= 15 is 0 Å². The van der Waals surface area contributed by atoms with Gasteiger partial charge in [0.25, 0.3) is 5.91 Å². The maximum Gasteiger partial charge on any atom is 0.273 e. The number of piperazine rings is 1. The SMILES string of the molecule is CSc1nc(C(=O)N2CCN(C3CCCCC3)C(=O)C2)cs1. The fraction of sp³-hybridized carbons (Fsp3) is 0.667. The number of aromatic nitrogens is 1. The Kier molecular flexibility index (Phi) is 5.03. The first-order valence-electron chi connectivity index (χ1n) is 7.77. The quantitative estimate of drug-likeness (QED) is 0.794.